The quantitative estimate of drug-likeness (QED) is 0.513. The Balaban J connectivity index is 2.05. The van der Waals surface area contributed by atoms with Gasteiger partial charge in [-0.2, -0.15) is 13.2 Å². The fraction of sp³-hybridized carbons (Fsp3) is 0.174. The van der Waals surface area contributed by atoms with Crippen molar-refractivity contribution in [3.8, 4) is 28.0 Å². The van der Waals surface area contributed by atoms with Crippen LogP contribution in [0.4, 0.5) is 13.2 Å². The van der Waals surface area contributed by atoms with Gasteiger partial charge >= 0.3 is 12.1 Å². The zero-order chi connectivity index (χ0) is 21.9. The van der Waals surface area contributed by atoms with Gasteiger partial charge in [-0.05, 0) is 70.1 Å². The molecule has 0 amide bonds. The summed E-state index contributed by atoms with van der Waals surface area (Å²) >= 11 is 0. The standard InChI is InChI=1S/C23H19F3O4/c24-23(25,26)18-3-1-2-14(11-18)21-7-4-15(10-17(21)13-27)20-8-6-19(28)12-16(20)5-9-22(29)30/h1-4,6-8,10-12,27-28H,5,9,13H2,(H,29,30). The fourth-order valence-electron chi connectivity index (χ4n) is 3.35. The number of aliphatic hydroxyl groups excluding tert-OH is 1. The Kier molecular flexibility index (Phi) is 6.12. The van der Waals surface area contributed by atoms with Crippen LogP contribution in [0.1, 0.15) is 23.1 Å². The Bertz CT molecular complexity index is 1070. The molecule has 0 spiro atoms. The molecule has 0 fully saturated rings. The van der Waals surface area contributed by atoms with Gasteiger partial charge in [0.15, 0.2) is 0 Å². The molecule has 3 aromatic rings. The van der Waals surface area contributed by atoms with Crippen LogP contribution < -0.4 is 0 Å². The number of hydrogen-bond donors (Lipinski definition) is 3. The van der Waals surface area contributed by atoms with Gasteiger partial charge in [-0.15, -0.1) is 0 Å². The van der Waals surface area contributed by atoms with Gasteiger partial charge in [0, 0.05) is 6.42 Å². The number of hydrogen-bond acceptors (Lipinski definition) is 3. The van der Waals surface area contributed by atoms with E-state index in [1.807, 2.05) is 0 Å². The second-order valence-corrected chi connectivity index (χ2v) is 6.84. The van der Waals surface area contributed by atoms with Gasteiger partial charge in [0.05, 0.1) is 12.2 Å². The van der Waals surface area contributed by atoms with Gasteiger partial charge in [-0.1, -0.05) is 30.3 Å². The number of aliphatic hydroxyl groups is 1. The number of benzene rings is 3. The molecule has 156 valence electrons. The zero-order valence-corrected chi connectivity index (χ0v) is 15.8. The third-order valence-electron chi connectivity index (χ3n) is 4.78. The van der Waals surface area contributed by atoms with Crippen LogP contribution in [-0.4, -0.2) is 21.3 Å². The molecule has 0 aromatic heterocycles. The molecule has 3 N–H and O–H groups in total. The van der Waals surface area contributed by atoms with Crippen molar-refractivity contribution >= 4 is 5.97 Å². The molecule has 0 atom stereocenters. The molecule has 0 unspecified atom stereocenters. The van der Waals surface area contributed by atoms with E-state index in [4.69, 9.17) is 5.11 Å². The van der Waals surface area contributed by atoms with Crippen LogP contribution in [0.2, 0.25) is 0 Å². The van der Waals surface area contributed by atoms with Crippen molar-refractivity contribution < 1.29 is 33.3 Å². The summed E-state index contributed by atoms with van der Waals surface area (Å²) in [7, 11) is 0. The number of carboxylic acids is 1. The molecule has 0 radical (unpaired) electrons. The summed E-state index contributed by atoms with van der Waals surface area (Å²) in [6.07, 6.45) is -4.39. The number of carbonyl (C=O) groups is 1. The Morgan fingerprint density at radius 3 is 2.20 bits per heavy atom. The third kappa shape index (κ3) is 4.80. The van der Waals surface area contributed by atoms with Crippen molar-refractivity contribution in [1.82, 2.24) is 0 Å². The third-order valence-corrected chi connectivity index (χ3v) is 4.78. The Labute approximate surface area is 170 Å². The number of rotatable bonds is 6. The molecular weight excluding hydrogens is 397 g/mol. The van der Waals surface area contributed by atoms with Crippen molar-refractivity contribution in [3.05, 3.63) is 77.4 Å². The van der Waals surface area contributed by atoms with E-state index in [1.165, 1.54) is 18.2 Å². The minimum absolute atomic E-state index is 0.00195. The van der Waals surface area contributed by atoms with Crippen molar-refractivity contribution in [2.24, 2.45) is 0 Å². The summed E-state index contributed by atoms with van der Waals surface area (Å²) in [5.74, 6) is -0.970. The van der Waals surface area contributed by atoms with Gasteiger partial charge in [0.2, 0.25) is 0 Å². The summed E-state index contributed by atoms with van der Waals surface area (Å²) in [5, 5.41) is 28.5. The van der Waals surface area contributed by atoms with E-state index in [-0.39, 0.29) is 25.2 Å². The van der Waals surface area contributed by atoms with Crippen LogP contribution in [0, 0.1) is 0 Å². The molecule has 0 saturated heterocycles. The highest BCUT2D eigenvalue weighted by molar-refractivity contribution is 5.76. The largest absolute Gasteiger partial charge is 0.508 e. The Morgan fingerprint density at radius 1 is 0.867 bits per heavy atom. The molecule has 3 aromatic carbocycles. The highest BCUT2D eigenvalue weighted by atomic mass is 19.4. The smallest absolute Gasteiger partial charge is 0.416 e. The van der Waals surface area contributed by atoms with Gasteiger partial charge in [0.1, 0.15) is 5.75 Å². The maximum absolute atomic E-state index is 13.0. The lowest BCUT2D eigenvalue weighted by molar-refractivity contribution is -0.138. The van der Waals surface area contributed by atoms with Crippen LogP contribution in [0.5, 0.6) is 5.75 Å². The highest BCUT2D eigenvalue weighted by Gasteiger charge is 2.30. The summed E-state index contributed by atoms with van der Waals surface area (Å²) in [5.41, 5.74) is 2.42. The van der Waals surface area contributed by atoms with E-state index in [0.29, 0.717) is 33.4 Å². The first-order valence-electron chi connectivity index (χ1n) is 9.14. The SMILES string of the molecule is O=C(O)CCc1cc(O)ccc1-c1ccc(-c2cccc(C(F)(F)F)c2)c(CO)c1. The van der Waals surface area contributed by atoms with Gasteiger partial charge in [0.25, 0.3) is 0 Å². The maximum Gasteiger partial charge on any atom is 0.416 e. The molecule has 7 heteroatoms. The number of aryl methyl sites for hydroxylation is 1. The van der Waals surface area contributed by atoms with Crippen molar-refractivity contribution in [2.75, 3.05) is 0 Å². The van der Waals surface area contributed by atoms with Crippen LogP contribution >= 0.6 is 0 Å². The molecular formula is C23H19F3O4. The number of phenolic OH excluding ortho intramolecular Hbond substituents is 1. The highest BCUT2D eigenvalue weighted by Crippen LogP contribution is 2.35. The number of aromatic hydroxyl groups is 1. The first kappa shape index (κ1) is 21.4. The van der Waals surface area contributed by atoms with Crippen LogP contribution in [0.25, 0.3) is 22.3 Å². The second-order valence-electron chi connectivity index (χ2n) is 6.84. The van der Waals surface area contributed by atoms with Crippen molar-refractivity contribution in [2.45, 2.75) is 25.6 Å². The van der Waals surface area contributed by atoms with E-state index in [2.05, 4.69) is 0 Å². The summed E-state index contributed by atoms with van der Waals surface area (Å²) in [6, 6.07) is 14.5. The Morgan fingerprint density at radius 2 is 1.53 bits per heavy atom. The molecule has 0 aliphatic carbocycles. The van der Waals surface area contributed by atoms with E-state index in [1.54, 1.807) is 30.3 Å². The summed E-state index contributed by atoms with van der Waals surface area (Å²) in [4.78, 5) is 10.9. The van der Waals surface area contributed by atoms with Crippen LogP contribution in [0.15, 0.2) is 60.7 Å². The first-order chi connectivity index (χ1) is 14.2. The minimum Gasteiger partial charge on any atom is -0.508 e. The second kappa shape index (κ2) is 8.59. The lowest BCUT2D eigenvalue weighted by atomic mass is 9.91. The van der Waals surface area contributed by atoms with E-state index >= 15 is 0 Å². The molecule has 4 nitrogen and oxygen atoms in total. The number of carboxylic acid groups (broad SMARTS) is 1. The summed E-state index contributed by atoms with van der Waals surface area (Å²) in [6.45, 7) is -0.387. The van der Waals surface area contributed by atoms with Gasteiger partial charge < -0.3 is 15.3 Å². The monoisotopic (exact) mass is 416 g/mol. The predicted octanol–water partition coefficient (Wildman–Crippen LogP) is 5.25. The predicted molar refractivity (Wildman–Crippen MR) is 106 cm³/mol. The van der Waals surface area contributed by atoms with Crippen LogP contribution in [0.3, 0.4) is 0 Å². The molecule has 0 saturated carbocycles. The van der Waals surface area contributed by atoms with Crippen molar-refractivity contribution in [1.29, 1.82) is 0 Å². The average Bonchev–Trinajstić information content (AvgIpc) is 2.71. The summed E-state index contributed by atoms with van der Waals surface area (Å²) < 4.78 is 39.1. The molecule has 0 aliphatic rings. The topological polar surface area (TPSA) is 77.8 Å². The lowest BCUT2D eigenvalue weighted by Gasteiger charge is -2.15. The van der Waals surface area contributed by atoms with E-state index < -0.39 is 17.7 Å². The van der Waals surface area contributed by atoms with Crippen LogP contribution in [-0.2, 0) is 24.0 Å². The number of phenols is 1. The molecule has 0 bridgehead atoms. The van der Waals surface area contributed by atoms with Gasteiger partial charge in [-0.3, -0.25) is 4.79 Å². The number of aliphatic carboxylic acids is 1. The van der Waals surface area contributed by atoms with E-state index in [9.17, 15) is 28.2 Å². The van der Waals surface area contributed by atoms with Gasteiger partial charge in [-0.25, -0.2) is 0 Å². The number of alkyl halides is 3. The Hall–Kier alpha value is -3.32. The maximum atomic E-state index is 13.0. The van der Waals surface area contributed by atoms with E-state index in [0.717, 1.165) is 12.1 Å². The molecule has 0 aliphatic heterocycles. The molecule has 3 rings (SSSR count). The average molecular weight is 416 g/mol. The molecule has 30 heavy (non-hydrogen) atoms. The number of halogens is 3. The fourth-order valence-corrected chi connectivity index (χ4v) is 3.35. The van der Waals surface area contributed by atoms with Crippen molar-refractivity contribution in [3.63, 3.8) is 0 Å². The molecule has 0 heterocycles. The normalized spacial score (nSPS) is 11.5. The lowest BCUT2D eigenvalue weighted by Crippen LogP contribution is -2.04. The minimum atomic E-state index is -4.47. The first-order valence-corrected chi connectivity index (χ1v) is 9.14. The zero-order valence-electron chi connectivity index (χ0n) is 15.8.